The summed E-state index contributed by atoms with van der Waals surface area (Å²) in [6.45, 7) is 4.55. The van der Waals surface area contributed by atoms with Gasteiger partial charge in [-0.1, -0.05) is 12.1 Å². The molecular weight excluding hydrogens is 434 g/mol. The van der Waals surface area contributed by atoms with E-state index in [2.05, 4.69) is 10.2 Å². The van der Waals surface area contributed by atoms with Crippen molar-refractivity contribution in [2.24, 2.45) is 0 Å². The van der Waals surface area contributed by atoms with Gasteiger partial charge in [-0.3, -0.25) is 10.1 Å². The molecule has 1 aliphatic heterocycles. The zero-order valence-electron chi connectivity index (χ0n) is 19.0. The number of ether oxygens (including phenoxy) is 2. The van der Waals surface area contributed by atoms with Gasteiger partial charge in [0.15, 0.2) is 0 Å². The van der Waals surface area contributed by atoms with Crippen LogP contribution in [0.5, 0.6) is 0 Å². The van der Waals surface area contributed by atoms with Crippen LogP contribution in [-0.2, 0) is 19.1 Å². The molecule has 174 valence electrons. The van der Waals surface area contributed by atoms with Gasteiger partial charge in [-0.25, -0.2) is 9.59 Å². The van der Waals surface area contributed by atoms with Gasteiger partial charge in [0.2, 0.25) is 0 Å². The summed E-state index contributed by atoms with van der Waals surface area (Å²) in [5.74, 6) is -0.493. The van der Waals surface area contributed by atoms with Gasteiger partial charge in [-0.2, -0.15) is 11.8 Å². The number of methoxy groups -OCH3 is 1. The Kier molecular flexibility index (Phi) is 9.27. The number of hydrogen-bond acceptors (Lipinski definition) is 9. The summed E-state index contributed by atoms with van der Waals surface area (Å²) in [7, 11) is 5.24. The molecule has 32 heavy (non-hydrogen) atoms. The van der Waals surface area contributed by atoms with Crippen LogP contribution in [0.1, 0.15) is 25.3 Å². The molecule has 10 heteroatoms. The fraction of sp³-hybridized carbons (Fsp3) is 0.455. The molecule has 1 aromatic carbocycles. The number of carbonyl (C=O) groups excluding carboxylic acids is 2. The van der Waals surface area contributed by atoms with E-state index in [9.17, 15) is 19.7 Å². The number of benzene rings is 1. The van der Waals surface area contributed by atoms with Crippen LogP contribution >= 0.6 is 11.8 Å². The Morgan fingerprint density at radius 1 is 1.16 bits per heavy atom. The molecule has 0 saturated heterocycles. The highest BCUT2D eigenvalue weighted by Crippen LogP contribution is 2.40. The Morgan fingerprint density at radius 3 is 2.41 bits per heavy atom. The topological polar surface area (TPSA) is 111 Å². The number of non-ortho nitro benzene ring substituents is 1. The van der Waals surface area contributed by atoms with E-state index in [1.165, 1.54) is 25.3 Å². The smallest absolute Gasteiger partial charge is 0.336 e. The third kappa shape index (κ3) is 6.33. The third-order valence-electron chi connectivity index (χ3n) is 4.94. The maximum atomic E-state index is 13.1. The molecule has 1 N–H and O–H groups in total. The van der Waals surface area contributed by atoms with Gasteiger partial charge in [-0.15, -0.1) is 0 Å². The van der Waals surface area contributed by atoms with Crippen LogP contribution in [-0.4, -0.2) is 67.6 Å². The molecule has 0 saturated carbocycles. The highest BCUT2D eigenvalue weighted by molar-refractivity contribution is 7.99. The maximum Gasteiger partial charge on any atom is 0.336 e. The van der Waals surface area contributed by atoms with Gasteiger partial charge >= 0.3 is 11.9 Å². The van der Waals surface area contributed by atoms with Gasteiger partial charge in [0.1, 0.15) is 6.61 Å². The first-order valence-corrected chi connectivity index (χ1v) is 11.2. The SMILES string of the molecule is COC(=O)C1=C(C)NC(C)=C(C(=O)OCCSCCN(C)C)C1c1cccc([N+](=O)[O-])c1. The Labute approximate surface area is 192 Å². The minimum absolute atomic E-state index is 0.134. The summed E-state index contributed by atoms with van der Waals surface area (Å²) >= 11 is 1.67. The van der Waals surface area contributed by atoms with E-state index in [-0.39, 0.29) is 23.4 Å². The van der Waals surface area contributed by atoms with Crippen LogP contribution in [0.25, 0.3) is 0 Å². The van der Waals surface area contributed by atoms with Crippen molar-refractivity contribution in [3.8, 4) is 0 Å². The third-order valence-corrected chi connectivity index (χ3v) is 5.87. The number of nitrogens with zero attached hydrogens (tertiary/aromatic N) is 2. The Bertz CT molecular complexity index is 941. The number of allylic oxidation sites excluding steroid dienone is 2. The van der Waals surface area contributed by atoms with Crippen molar-refractivity contribution in [2.75, 3.05) is 45.9 Å². The molecule has 0 aliphatic carbocycles. The van der Waals surface area contributed by atoms with E-state index in [0.29, 0.717) is 22.7 Å². The first kappa shape index (κ1) is 25.4. The summed E-state index contributed by atoms with van der Waals surface area (Å²) < 4.78 is 10.5. The molecule has 1 aliphatic rings. The lowest BCUT2D eigenvalue weighted by Gasteiger charge is -2.30. The van der Waals surface area contributed by atoms with Crippen molar-refractivity contribution >= 4 is 29.4 Å². The molecular formula is C22H29N3O6S. The molecule has 1 unspecified atom stereocenters. The van der Waals surface area contributed by atoms with Gasteiger partial charge in [-0.05, 0) is 33.5 Å². The number of dihydropyridines is 1. The molecule has 1 heterocycles. The van der Waals surface area contributed by atoms with Crippen LogP contribution in [0.3, 0.4) is 0 Å². The number of rotatable bonds is 10. The van der Waals surface area contributed by atoms with Crippen LogP contribution in [0.2, 0.25) is 0 Å². The normalized spacial score (nSPS) is 16.1. The second-order valence-electron chi connectivity index (χ2n) is 7.53. The average molecular weight is 464 g/mol. The second kappa shape index (κ2) is 11.7. The molecule has 0 radical (unpaired) electrons. The number of nitro groups is 1. The van der Waals surface area contributed by atoms with Crippen LogP contribution in [0.15, 0.2) is 46.8 Å². The van der Waals surface area contributed by atoms with Gasteiger partial charge < -0.3 is 19.7 Å². The highest BCUT2D eigenvalue weighted by Gasteiger charge is 2.38. The monoisotopic (exact) mass is 463 g/mol. The lowest BCUT2D eigenvalue weighted by atomic mass is 9.80. The second-order valence-corrected chi connectivity index (χ2v) is 8.76. The van der Waals surface area contributed by atoms with E-state index < -0.39 is 22.8 Å². The molecule has 0 bridgehead atoms. The molecule has 1 aromatic rings. The van der Waals surface area contributed by atoms with Crippen LogP contribution in [0.4, 0.5) is 5.69 Å². The fourth-order valence-corrected chi connectivity index (χ4v) is 4.32. The highest BCUT2D eigenvalue weighted by atomic mass is 32.2. The summed E-state index contributed by atoms with van der Waals surface area (Å²) in [5, 5.41) is 14.4. The minimum atomic E-state index is -0.850. The zero-order valence-corrected chi connectivity index (χ0v) is 19.8. The quantitative estimate of drug-likeness (QED) is 0.242. The lowest BCUT2D eigenvalue weighted by molar-refractivity contribution is -0.384. The minimum Gasteiger partial charge on any atom is -0.466 e. The number of esters is 2. The number of nitrogens with one attached hydrogen (secondary N) is 1. The Morgan fingerprint density at radius 2 is 1.81 bits per heavy atom. The van der Waals surface area contributed by atoms with Crippen molar-refractivity contribution in [1.29, 1.82) is 0 Å². The van der Waals surface area contributed by atoms with Crippen LogP contribution in [0, 0.1) is 10.1 Å². The number of thioether (sulfide) groups is 1. The van der Waals surface area contributed by atoms with Gasteiger partial charge in [0.05, 0.1) is 29.1 Å². The van der Waals surface area contributed by atoms with Crippen molar-refractivity contribution in [1.82, 2.24) is 10.2 Å². The van der Waals surface area contributed by atoms with E-state index in [0.717, 1.165) is 12.3 Å². The van der Waals surface area contributed by atoms with Crippen LogP contribution < -0.4 is 5.32 Å². The van der Waals surface area contributed by atoms with Crippen molar-refractivity contribution in [3.05, 3.63) is 62.5 Å². The molecule has 9 nitrogen and oxygen atoms in total. The summed E-state index contributed by atoms with van der Waals surface area (Å²) in [6.07, 6.45) is 0. The van der Waals surface area contributed by atoms with Gasteiger partial charge in [0.25, 0.3) is 5.69 Å². The molecule has 0 spiro atoms. The van der Waals surface area contributed by atoms with E-state index >= 15 is 0 Å². The number of hydrogen-bond donors (Lipinski definition) is 1. The van der Waals surface area contributed by atoms with Crippen molar-refractivity contribution in [3.63, 3.8) is 0 Å². The predicted octanol–water partition coefficient (Wildman–Crippen LogP) is 2.84. The summed E-state index contributed by atoms with van der Waals surface area (Å²) in [5.41, 5.74) is 1.79. The first-order valence-electron chi connectivity index (χ1n) is 10.1. The predicted molar refractivity (Wildman–Crippen MR) is 123 cm³/mol. The maximum absolute atomic E-state index is 13.1. The van der Waals surface area contributed by atoms with E-state index in [1.54, 1.807) is 31.7 Å². The number of nitro benzene ring substituents is 1. The van der Waals surface area contributed by atoms with E-state index in [4.69, 9.17) is 9.47 Å². The molecule has 2 rings (SSSR count). The first-order chi connectivity index (χ1) is 15.2. The fourth-order valence-electron chi connectivity index (χ4n) is 3.42. The summed E-state index contributed by atoms with van der Waals surface area (Å²) in [6, 6.07) is 5.90. The lowest BCUT2D eigenvalue weighted by Crippen LogP contribution is -2.32. The molecule has 1 atom stereocenters. The Hall–Kier alpha value is -2.85. The summed E-state index contributed by atoms with van der Waals surface area (Å²) in [4.78, 5) is 38.5. The van der Waals surface area contributed by atoms with Crippen molar-refractivity contribution < 1.29 is 24.0 Å². The number of carbonyl (C=O) groups is 2. The zero-order chi connectivity index (χ0) is 23.8. The van der Waals surface area contributed by atoms with Gasteiger partial charge in [0, 0.05) is 41.6 Å². The van der Waals surface area contributed by atoms with Crippen molar-refractivity contribution in [2.45, 2.75) is 19.8 Å². The average Bonchev–Trinajstić information content (AvgIpc) is 2.74. The Balaban J connectivity index is 2.33. The largest absolute Gasteiger partial charge is 0.466 e. The van der Waals surface area contributed by atoms with E-state index in [1.807, 2.05) is 14.1 Å². The standard InChI is InChI=1S/C22H29N3O6S/c1-14-18(21(26)30-5)20(16-7-6-8-17(13-16)25(28)29)19(15(2)23-14)22(27)31-10-12-32-11-9-24(3)4/h6-8,13,20,23H,9-12H2,1-5H3. The molecule has 0 amide bonds. The molecule has 0 fully saturated rings. The molecule has 0 aromatic heterocycles.